The number of benzene rings is 1. The van der Waals surface area contributed by atoms with Gasteiger partial charge in [-0.1, -0.05) is 43.4 Å². The smallest absolute Gasteiger partial charge is 0.127 e. The van der Waals surface area contributed by atoms with Crippen molar-refractivity contribution in [1.29, 1.82) is 0 Å². The van der Waals surface area contributed by atoms with Crippen LogP contribution < -0.4 is 5.32 Å². The number of hydrogen-bond acceptors (Lipinski definition) is 1. The monoisotopic (exact) mass is 235 g/mol. The standard InChI is InChI=1S/C15H22FN/c1-12-8-9-15(16)13(10-12)11-17-14-6-4-2-3-5-7-14/h8-10,14,17H,2-7,11H2,1H3. The molecule has 1 N–H and O–H groups in total. The van der Waals surface area contributed by atoms with Crippen molar-refractivity contribution in [1.82, 2.24) is 5.32 Å². The van der Waals surface area contributed by atoms with E-state index in [4.69, 9.17) is 0 Å². The van der Waals surface area contributed by atoms with Crippen LogP contribution in [-0.4, -0.2) is 6.04 Å². The van der Waals surface area contributed by atoms with Gasteiger partial charge in [0.25, 0.3) is 0 Å². The molecule has 1 aliphatic carbocycles. The molecule has 1 aromatic rings. The summed E-state index contributed by atoms with van der Waals surface area (Å²) in [7, 11) is 0. The molecule has 0 aromatic heterocycles. The first-order valence-corrected chi connectivity index (χ1v) is 6.74. The number of rotatable bonds is 3. The third kappa shape index (κ3) is 3.81. The highest BCUT2D eigenvalue weighted by Crippen LogP contribution is 2.18. The lowest BCUT2D eigenvalue weighted by atomic mass is 10.1. The SMILES string of the molecule is Cc1ccc(F)c(CNC2CCCCCC2)c1. The fourth-order valence-corrected chi connectivity index (χ4v) is 2.58. The molecule has 1 saturated carbocycles. The minimum Gasteiger partial charge on any atom is -0.310 e. The summed E-state index contributed by atoms with van der Waals surface area (Å²) in [6.45, 7) is 2.67. The van der Waals surface area contributed by atoms with E-state index in [1.165, 1.54) is 38.5 Å². The van der Waals surface area contributed by atoms with Gasteiger partial charge in [0.1, 0.15) is 5.82 Å². The van der Waals surface area contributed by atoms with Crippen LogP contribution in [0.15, 0.2) is 18.2 Å². The fourth-order valence-electron chi connectivity index (χ4n) is 2.58. The molecular weight excluding hydrogens is 213 g/mol. The quantitative estimate of drug-likeness (QED) is 0.782. The van der Waals surface area contributed by atoms with Crippen LogP contribution in [0.25, 0.3) is 0 Å². The maximum Gasteiger partial charge on any atom is 0.127 e. The lowest BCUT2D eigenvalue weighted by Gasteiger charge is -2.16. The summed E-state index contributed by atoms with van der Waals surface area (Å²) >= 11 is 0. The fraction of sp³-hybridized carbons (Fsp3) is 0.600. The van der Waals surface area contributed by atoms with E-state index in [-0.39, 0.29) is 5.82 Å². The highest BCUT2D eigenvalue weighted by Gasteiger charge is 2.12. The molecule has 0 spiro atoms. The van der Waals surface area contributed by atoms with Crippen molar-refractivity contribution in [3.63, 3.8) is 0 Å². The zero-order valence-electron chi connectivity index (χ0n) is 10.6. The van der Waals surface area contributed by atoms with E-state index in [0.29, 0.717) is 12.6 Å². The van der Waals surface area contributed by atoms with Crippen LogP contribution in [0.3, 0.4) is 0 Å². The van der Waals surface area contributed by atoms with E-state index < -0.39 is 0 Å². The summed E-state index contributed by atoms with van der Waals surface area (Å²) in [6.07, 6.45) is 7.83. The maximum atomic E-state index is 13.6. The average molecular weight is 235 g/mol. The minimum atomic E-state index is -0.0864. The summed E-state index contributed by atoms with van der Waals surface area (Å²) in [5.74, 6) is -0.0864. The Kier molecular flexibility index (Phi) is 4.55. The summed E-state index contributed by atoms with van der Waals surface area (Å²) in [5.41, 5.74) is 1.93. The maximum absolute atomic E-state index is 13.6. The summed E-state index contributed by atoms with van der Waals surface area (Å²) in [4.78, 5) is 0. The van der Waals surface area contributed by atoms with Crippen LogP contribution in [0.1, 0.15) is 49.7 Å². The molecule has 0 unspecified atom stereocenters. The second kappa shape index (κ2) is 6.15. The van der Waals surface area contributed by atoms with Crippen LogP contribution >= 0.6 is 0 Å². The van der Waals surface area contributed by atoms with E-state index in [9.17, 15) is 4.39 Å². The summed E-state index contributed by atoms with van der Waals surface area (Å²) < 4.78 is 13.6. The zero-order chi connectivity index (χ0) is 12.1. The molecule has 0 atom stereocenters. The summed E-state index contributed by atoms with van der Waals surface area (Å²) in [6, 6.07) is 5.92. The van der Waals surface area contributed by atoms with Gasteiger partial charge in [-0.25, -0.2) is 4.39 Å². The number of nitrogens with one attached hydrogen (secondary N) is 1. The molecular formula is C15H22FN. The van der Waals surface area contributed by atoms with Crippen LogP contribution in [0.5, 0.6) is 0 Å². The molecule has 0 aliphatic heterocycles. The largest absolute Gasteiger partial charge is 0.310 e. The lowest BCUT2D eigenvalue weighted by Crippen LogP contribution is -2.28. The van der Waals surface area contributed by atoms with Gasteiger partial charge in [0, 0.05) is 18.2 Å². The Morgan fingerprint density at radius 3 is 2.59 bits per heavy atom. The zero-order valence-corrected chi connectivity index (χ0v) is 10.6. The van der Waals surface area contributed by atoms with Crippen LogP contribution in [0.4, 0.5) is 4.39 Å². The molecule has 17 heavy (non-hydrogen) atoms. The predicted octanol–water partition coefficient (Wildman–Crippen LogP) is 3.95. The Hall–Kier alpha value is -0.890. The Morgan fingerprint density at radius 1 is 1.18 bits per heavy atom. The number of aryl methyl sites for hydroxylation is 1. The molecule has 1 aromatic carbocycles. The van der Waals surface area contributed by atoms with E-state index >= 15 is 0 Å². The van der Waals surface area contributed by atoms with Crippen molar-refractivity contribution >= 4 is 0 Å². The molecule has 1 nitrogen and oxygen atoms in total. The molecule has 0 heterocycles. The Labute approximate surface area is 103 Å². The second-order valence-corrected chi connectivity index (χ2v) is 5.16. The Bertz CT molecular complexity index is 354. The first-order chi connectivity index (χ1) is 8.25. The normalized spacial score (nSPS) is 18.0. The molecule has 1 fully saturated rings. The van der Waals surface area contributed by atoms with E-state index in [1.807, 2.05) is 19.1 Å². The lowest BCUT2D eigenvalue weighted by molar-refractivity contribution is 0.452. The molecule has 94 valence electrons. The van der Waals surface area contributed by atoms with Crippen molar-refractivity contribution in [2.24, 2.45) is 0 Å². The number of halogens is 1. The highest BCUT2D eigenvalue weighted by atomic mass is 19.1. The van der Waals surface area contributed by atoms with Crippen molar-refractivity contribution in [3.05, 3.63) is 35.1 Å². The van der Waals surface area contributed by atoms with E-state index in [2.05, 4.69) is 5.32 Å². The van der Waals surface area contributed by atoms with Gasteiger partial charge in [-0.2, -0.15) is 0 Å². The molecule has 0 bridgehead atoms. The molecule has 0 radical (unpaired) electrons. The van der Waals surface area contributed by atoms with Crippen molar-refractivity contribution in [2.45, 2.75) is 58.0 Å². The third-order valence-corrected chi connectivity index (χ3v) is 3.64. The van der Waals surface area contributed by atoms with E-state index in [0.717, 1.165) is 11.1 Å². The molecule has 2 heteroatoms. The van der Waals surface area contributed by atoms with Gasteiger partial charge in [-0.05, 0) is 25.8 Å². The minimum absolute atomic E-state index is 0.0864. The van der Waals surface area contributed by atoms with Crippen LogP contribution in [-0.2, 0) is 6.54 Å². The van der Waals surface area contributed by atoms with Gasteiger partial charge in [0.15, 0.2) is 0 Å². The van der Waals surface area contributed by atoms with Crippen LogP contribution in [0, 0.1) is 12.7 Å². The second-order valence-electron chi connectivity index (χ2n) is 5.16. The topological polar surface area (TPSA) is 12.0 Å². The van der Waals surface area contributed by atoms with Gasteiger partial charge in [-0.15, -0.1) is 0 Å². The number of hydrogen-bond donors (Lipinski definition) is 1. The van der Waals surface area contributed by atoms with Gasteiger partial charge in [-0.3, -0.25) is 0 Å². The Balaban J connectivity index is 1.89. The molecule has 0 saturated heterocycles. The first-order valence-electron chi connectivity index (χ1n) is 6.74. The van der Waals surface area contributed by atoms with Gasteiger partial charge in [0.2, 0.25) is 0 Å². The van der Waals surface area contributed by atoms with Crippen molar-refractivity contribution in [2.75, 3.05) is 0 Å². The van der Waals surface area contributed by atoms with Gasteiger partial charge in [0.05, 0.1) is 0 Å². The van der Waals surface area contributed by atoms with E-state index in [1.54, 1.807) is 6.07 Å². The summed E-state index contributed by atoms with van der Waals surface area (Å²) in [5, 5.41) is 3.51. The first kappa shape index (κ1) is 12.6. The van der Waals surface area contributed by atoms with Crippen molar-refractivity contribution < 1.29 is 4.39 Å². The predicted molar refractivity (Wildman–Crippen MR) is 69.5 cm³/mol. The third-order valence-electron chi connectivity index (χ3n) is 3.64. The van der Waals surface area contributed by atoms with Crippen molar-refractivity contribution in [3.8, 4) is 0 Å². The Morgan fingerprint density at radius 2 is 1.88 bits per heavy atom. The highest BCUT2D eigenvalue weighted by molar-refractivity contribution is 5.23. The van der Waals surface area contributed by atoms with Gasteiger partial charge < -0.3 is 5.32 Å². The van der Waals surface area contributed by atoms with Gasteiger partial charge >= 0.3 is 0 Å². The molecule has 0 amide bonds. The molecule has 1 aliphatic rings. The molecule has 2 rings (SSSR count). The van der Waals surface area contributed by atoms with Crippen LogP contribution in [0.2, 0.25) is 0 Å². The average Bonchev–Trinajstić information content (AvgIpc) is 2.59.